The zero-order valence-corrected chi connectivity index (χ0v) is 13.0. The van der Waals surface area contributed by atoms with Crippen LogP contribution in [-0.2, 0) is 29.2 Å². The second-order valence-electron chi connectivity index (χ2n) is 5.36. The highest BCUT2D eigenvalue weighted by Crippen LogP contribution is 2.07. The van der Waals surface area contributed by atoms with E-state index in [0.29, 0.717) is 26.1 Å². The lowest BCUT2D eigenvalue weighted by Gasteiger charge is -2.09. The fraction of sp³-hybridized carbons (Fsp3) is 0.438. The van der Waals surface area contributed by atoms with E-state index in [0.717, 1.165) is 11.1 Å². The summed E-state index contributed by atoms with van der Waals surface area (Å²) in [6.45, 7) is 5.72. The Balaban J connectivity index is 1.70. The Morgan fingerprint density at radius 1 is 1.27 bits per heavy atom. The summed E-state index contributed by atoms with van der Waals surface area (Å²) >= 11 is 0. The van der Waals surface area contributed by atoms with E-state index in [1.165, 1.54) is 6.33 Å². The van der Waals surface area contributed by atoms with Gasteiger partial charge in [-0.25, -0.2) is 4.98 Å². The summed E-state index contributed by atoms with van der Waals surface area (Å²) in [5, 5.41) is 6.86. The van der Waals surface area contributed by atoms with Gasteiger partial charge in [-0.3, -0.25) is 9.48 Å². The van der Waals surface area contributed by atoms with Crippen LogP contribution in [0.5, 0.6) is 0 Å². The lowest BCUT2D eigenvalue weighted by Crippen LogP contribution is -2.24. The van der Waals surface area contributed by atoms with Crippen LogP contribution in [0.4, 0.5) is 0 Å². The Morgan fingerprint density at radius 2 is 2.00 bits per heavy atom. The topological polar surface area (TPSA) is 69.0 Å². The minimum Gasteiger partial charge on any atom is -0.374 e. The lowest BCUT2D eigenvalue weighted by atomic mass is 10.1. The fourth-order valence-corrected chi connectivity index (χ4v) is 1.87. The quantitative estimate of drug-likeness (QED) is 0.808. The second-order valence-corrected chi connectivity index (χ2v) is 5.36. The molecule has 0 saturated carbocycles. The van der Waals surface area contributed by atoms with Crippen LogP contribution in [0.1, 0.15) is 31.4 Å². The van der Waals surface area contributed by atoms with Gasteiger partial charge in [0.1, 0.15) is 12.7 Å². The van der Waals surface area contributed by atoms with E-state index in [1.54, 1.807) is 11.0 Å². The van der Waals surface area contributed by atoms with E-state index >= 15 is 0 Å². The number of hydrogen-bond donors (Lipinski definition) is 1. The first kappa shape index (κ1) is 16.2. The first-order valence-electron chi connectivity index (χ1n) is 7.42. The number of amides is 1. The van der Waals surface area contributed by atoms with Crippen molar-refractivity contribution >= 4 is 5.91 Å². The molecule has 2 aromatic rings. The molecule has 0 aliphatic carbocycles. The Hall–Kier alpha value is -2.21. The molecule has 0 atom stereocenters. The smallest absolute Gasteiger partial charge is 0.222 e. The molecule has 0 spiro atoms. The number of nitrogens with one attached hydrogen (secondary N) is 1. The first-order valence-corrected chi connectivity index (χ1v) is 7.42. The minimum atomic E-state index is 0.00252. The average molecular weight is 302 g/mol. The number of carbonyl (C=O) groups excluding carboxylic acids is 1. The third kappa shape index (κ3) is 5.65. The van der Waals surface area contributed by atoms with Crippen molar-refractivity contribution < 1.29 is 9.53 Å². The molecule has 2 rings (SSSR count). The van der Waals surface area contributed by atoms with Crippen LogP contribution in [0.3, 0.4) is 0 Å². The van der Waals surface area contributed by atoms with Gasteiger partial charge >= 0.3 is 0 Å². The van der Waals surface area contributed by atoms with E-state index in [-0.39, 0.29) is 12.0 Å². The number of hydrogen-bond acceptors (Lipinski definition) is 4. The molecular weight excluding hydrogens is 280 g/mol. The first-order chi connectivity index (χ1) is 10.6. The highest BCUT2D eigenvalue weighted by Gasteiger charge is 2.03. The van der Waals surface area contributed by atoms with Gasteiger partial charge in [0.05, 0.1) is 19.3 Å². The zero-order valence-electron chi connectivity index (χ0n) is 13.0. The molecule has 1 amide bonds. The van der Waals surface area contributed by atoms with Gasteiger partial charge in [-0.15, -0.1) is 0 Å². The SMILES string of the molecule is CC(C)OCc1ccc(CNC(=O)CCn2cncn2)cc1. The van der Waals surface area contributed by atoms with Gasteiger partial charge in [0.2, 0.25) is 5.91 Å². The van der Waals surface area contributed by atoms with E-state index in [2.05, 4.69) is 15.4 Å². The van der Waals surface area contributed by atoms with Crippen LogP contribution < -0.4 is 5.32 Å². The summed E-state index contributed by atoms with van der Waals surface area (Å²) in [6, 6.07) is 8.08. The number of aromatic nitrogens is 3. The van der Waals surface area contributed by atoms with Crippen LogP contribution in [0, 0.1) is 0 Å². The fourth-order valence-electron chi connectivity index (χ4n) is 1.87. The van der Waals surface area contributed by atoms with Gasteiger partial charge < -0.3 is 10.1 Å². The molecule has 0 aliphatic heterocycles. The van der Waals surface area contributed by atoms with Gasteiger partial charge in [0, 0.05) is 13.0 Å². The molecule has 0 radical (unpaired) electrons. The molecule has 0 fully saturated rings. The van der Waals surface area contributed by atoms with Crippen molar-refractivity contribution in [1.29, 1.82) is 0 Å². The molecule has 6 nitrogen and oxygen atoms in total. The lowest BCUT2D eigenvalue weighted by molar-refractivity contribution is -0.121. The molecule has 1 N–H and O–H groups in total. The summed E-state index contributed by atoms with van der Waals surface area (Å²) < 4.78 is 7.19. The largest absolute Gasteiger partial charge is 0.374 e. The molecule has 22 heavy (non-hydrogen) atoms. The predicted octanol–water partition coefficient (Wildman–Crippen LogP) is 1.91. The second kappa shape index (κ2) is 8.29. The van der Waals surface area contributed by atoms with E-state index in [1.807, 2.05) is 38.1 Å². The van der Waals surface area contributed by atoms with Crippen molar-refractivity contribution in [2.75, 3.05) is 0 Å². The molecule has 0 bridgehead atoms. The summed E-state index contributed by atoms with van der Waals surface area (Å²) in [4.78, 5) is 15.6. The number of ether oxygens (including phenoxy) is 1. The molecule has 6 heteroatoms. The maximum absolute atomic E-state index is 11.8. The van der Waals surface area contributed by atoms with Crippen molar-refractivity contribution in [2.45, 2.75) is 46.1 Å². The van der Waals surface area contributed by atoms with Crippen molar-refractivity contribution in [3.8, 4) is 0 Å². The highest BCUT2D eigenvalue weighted by molar-refractivity contribution is 5.75. The Labute approximate surface area is 130 Å². The molecule has 1 heterocycles. The van der Waals surface area contributed by atoms with Gasteiger partial charge in [-0.1, -0.05) is 24.3 Å². The number of aryl methyl sites for hydroxylation is 1. The molecule has 1 aromatic heterocycles. The van der Waals surface area contributed by atoms with Crippen LogP contribution in [0.25, 0.3) is 0 Å². The average Bonchev–Trinajstić information content (AvgIpc) is 3.03. The highest BCUT2D eigenvalue weighted by atomic mass is 16.5. The maximum atomic E-state index is 11.8. The molecular formula is C16H22N4O2. The Kier molecular flexibility index (Phi) is 6.09. The molecule has 0 unspecified atom stereocenters. The number of rotatable bonds is 8. The van der Waals surface area contributed by atoms with Crippen LogP contribution in [-0.4, -0.2) is 26.8 Å². The van der Waals surface area contributed by atoms with Crippen molar-refractivity contribution in [1.82, 2.24) is 20.1 Å². The van der Waals surface area contributed by atoms with Gasteiger partial charge in [0.25, 0.3) is 0 Å². The predicted molar refractivity (Wildman–Crippen MR) is 82.9 cm³/mol. The Morgan fingerprint density at radius 3 is 2.64 bits per heavy atom. The summed E-state index contributed by atoms with van der Waals surface area (Å²) in [6.07, 6.45) is 3.68. The van der Waals surface area contributed by atoms with E-state index < -0.39 is 0 Å². The number of nitrogens with zero attached hydrogens (tertiary/aromatic N) is 3. The zero-order chi connectivity index (χ0) is 15.8. The monoisotopic (exact) mass is 302 g/mol. The third-order valence-corrected chi connectivity index (χ3v) is 3.13. The van der Waals surface area contributed by atoms with Gasteiger partial charge in [-0.05, 0) is 25.0 Å². The molecule has 1 aromatic carbocycles. The molecule has 0 saturated heterocycles. The van der Waals surface area contributed by atoms with Crippen molar-refractivity contribution in [3.63, 3.8) is 0 Å². The van der Waals surface area contributed by atoms with Crippen LogP contribution in [0.15, 0.2) is 36.9 Å². The summed E-state index contributed by atoms with van der Waals surface area (Å²) in [5.41, 5.74) is 2.21. The summed E-state index contributed by atoms with van der Waals surface area (Å²) in [7, 11) is 0. The standard InChI is InChI=1S/C16H22N4O2/c1-13(2)22-10-15-5-3-14(4-6-15)9-18-16(21)7-8-20-12-17-11-19-20/h3-6,11-13H,7-10H2,1-2H3,(H,18,21). The van der Waals surface area contributed by atoms with Crippen molar-refractivity contribution in [2.24, 2.45) is 0 Å². The van der Waals surface area contributed by atoms with E-state index in [4.69, 9.17) is 4.74 Å². The van der Waals surface area contributed by atoms with Crippen LogP contribution >= 0.6 is 0 Å². The van der Waals surface area contributed by atoms with E-state index in [9.17, 15) is 4.79 Å². The minimum absolute atomic E-state index is 0.00252. The molecule has 0 aliphatic rings. The normalized spacial score (nSPS) is 10.9. The summed E-state index contributed by atoms with van der Waals surface area (Å²) in [5.74, 6) is 0.00252. The number of carbonyl (C=O) groups is 1. The third-order valence-electron chi connectivity index (χ3n) is 3.13. The Bertz CT molecular complexity index is 564. The van der Waals surface area contributed by atoms with Crippen molar-refractivity contribution in [3.05, 3.63) is 48.0 Å². The number of benzene rings is 1. The molecule has 118 valence electrons. The van der Waals surface area contributed by atoms with Crippen LogP contribution in [0.2, 0.25) is 0 Å². The van der Waals surface area contributed by atoms with Gasteiger partial charge in [0.15, 0.2) is 0 Å². The van der Waals surface area contributed by atoms with Gasteiger partial charge in [-0.2, -0.15) is 5.10 Å². The maximum Gasteiger partial charge on any atom is 0.222 e.